The summed E-state index contributed by atoms with van der Waals surface area (Å²) in [6, 6.07) is 57.3. The third kappa shape index (κ3) is 6.48. The van der Waals surface area contributed by atoms with Gasteiger partial charge in [-0.05, 0) is 82.3 Å². The van der Waals surface area contributed by atoms with Crippen molar-refractivity contribution in [3.05, 3.63) is 228 Å². The molecule has 0 spiro atoms. The lowest BCUT2D eigenvalue weighted by Crippen LogP contribution is -2.42. The van der Waals surface area contributed by atoms with E-state index in [1.807, 2.05) is 0 Å². The van der Waals surface area contributed by atoms with Gasteiger partial charge in [0.05, 0.1) is 12.1 Å². The van der Waals surface area contributed by atoms with Crippen molar-refractivity contribution in [3.63, 3.8) is 0 Å². The highest BCUT2D eigenvalue weighted by Crippen LogP contribution is 2.42. The molecule has 3 aliphatic rings. The van der Waals surface area contributed by atoms with Crippen molar-refractivity contribution in [2.45, 2.75) is 37.8 Å². The molecule has 7 aromatic rings. The van der Waals surface area contributed by atoms with Crippen LogP contribution in [0.3, 0.4) is 0 Å². The number of para-hydroxylation sites is 1. The average molecular weight is 722 g/mol. The standard InChI is InChI=1S/C54H43NO/c1-4-12-38(13-5-1)41-26-32-46(33-27-41)55(47-34-28-42(29-35-47)39-14-6-2-7-15-39)48-36-30-43(31-37-48)40-22-24-45(25-23-40)50-19-11-21-52-51-20-10-18-49(53(51)56-54(50)52)44-16-8-3-9-17-44/h1-9,11-19,21-32,34,36-37,46-47H,10,20,33,35H2. The summed E-state index contributed by atoms with van der Waals surface area (Å²) in [6.07, 6.45) is 20.5. The van der Waals surface area contributed by atoms with E-state index in [9.17, 15) is 0 Å². The summed E-state index contributed by atoms with van der Waals surface area (Å²) in [5, 5.41) is 1.22. The Kier molecular flexibility index (Phi) is 9.01. The van der Waals surface area contributed by atoms with Crippen LogP contribution in [-0.4, -0.2) is 12.1 Å². The third-order valence-corrected chi connectivity index (χ3v) is 11.7. The van der Waals surface area contributed by atoms with E-state index in [1.54, 1.807) is 0 Å². The van der Waals surface area contributed by atoms with Crippen molar-refractivity contribution in [1.82, 2.24) is 0 Å². The highest BCUT2D eigenvalue weighted by atomic mass is 16.3. The maximum absolute atomic E-state index is 6.76. The van der Waals surface area contributed by atoms with Crippen LogP contribution in [0.5, 0.6) is 0 Å². The van der Waals surface area contributed by atoms with Gasteiger partial charge in [-0.25, -0.2) is 0 Å². The van der Waals surface area contributed by atoms with Crippen LogP contribution in [0.2, 0.25) is 0 Å². The zero-order valence-electron chi connectivity index (χ0n) is 31.4. The van der Waals surface area contributed by atoms with Gasteiger partial charge in [0.1, 0.15) is 11.3 Å². The van der Waals surface area contributed by atoms with Crippen LogP contribution in [0.1, 0.15) is 47.3 Å². The van der Waals surface area contributed by atoms with E-state index in [4.69, 9.17) is 4.42 Å². The van der Waals surface area contributed by atoms with E-state index < -0.39 is 0 Å². The molecule has 10 rings (SSSR count). The summed E-state index contributed by atoms with van der Waals surface area (Å²) in [4.78, 5) is 2.61. The molecule has 0 amide bonds. The molecule has 270 valence electrons. The van der Waals surface area contributed by atoms with Gasteiger partial charge in [0.2, 0.25) is 0 Å². The summed E-state index contributed by atoms with van der Waals surface area (Å²) < 4.78 is 6.76. The van der Waals surface area contributed by atoms with Gasteiger partial charge < -0.3 is 9.32 Å². The Morgan fingerprint density at radius 2 is 1.00 bits per heavy atom. The zero-order valence-corrected chi connectivity index (χ0v) is 31.4. The predicted molar refractivity (Wildman–Crippen MR) is 235 cm³/mol. The molecule has 1 aromatic heterocycles. The minimum absolute atomic E-state index is 0.253. The van der Waals surface area contributed by atoms with E-state index in [1.165, 1.54) is 61.2 Å². The lowest BCUT2D eigenvalue weighted by atomic mass is 9.91. The van der Waals surface area contributed by atoms with Gasteiger partial charge in [0.15, 0.2) is 0 Å². The van der Waals surface area contributed by atoms with Gasteiger partial charge in [0.25, 0.3) is 0 Å². The fourth-order valence-corrected chi connectivity index (χ4v) is 8.80. The Morgan fingerprint density at radius 3 is 1.55 bits per heavy atom. The van der Waals surface area contributed by atoms with Gasteiger partial charge in [-0.2, -0.15) is 0 Å². The van der Waals surface area contributed by atoms with Crippen LogP contribution < -0.4 is 4.90 Å². The number of aryl methyl sites for hydroxylation is 1. The van der Waals surface area contributed by atoms with Crippen molar-refractivity contribution < 1.29 is 4.42 Å². The minimum atomic E-state index is 0.253. The number of anilines is 1. The Morgan fingerprint density at radius 1 is 0.464 bits per heavy atom. The average Bonchev–Trinajstić information content (AvgIpc) is 3.68. The van der Waals surface area contributed by atoms with Gasteiger partial charge in [0, 0.05) is 27.8 Å². The number of nitrogens with zero attached hydrogens (tertiary/aromatic N) is 1. The van der Waals surface area contributed by atoms with E-state index in [0.29, 0.717) is 0 Å². The summed E-state index contributed by atoms with van der Waals surface area (Å²) in [7, 11) is 0. The molecular weight excluding hydrogens is 679 g/mol. The van der Waals surface area contributed by atoms with Crippen LogP contribution in [-0.2, 0) is 6.42 Å². The first-order chi connectivity index (χ1) is 27.8. The smallest absolute Gasteiger partial charge is 0.142 e. The van der Waals surface area contributed by atoms with E-state index in [0.717, 1.165) is 48.2 Å². The molecule has 2 heteroatoms. The zero-order chi connectivity index (χ0) is 37.3. The third-order valence-electron chi connectivity index (χ3n) is 11.7. The summed E-state index contributed by atoms with van der Waals surface area (Å²) >= 11 is 0. The molecular formula is C54H43NO. The van der Waals surface area contributed by atoms with Crippen molar-refractivity contribution in [3.8, 4) is 22.3 Å². The Balaban J connectivity index is 0.922. The number of hydrogen-bond donors (Lipinski definition) is 0. The van der Waals surface area contributed by atoms with Crippen LogP contribution in [0.25, 0.3) is 49.9 Å². The maximum atomic E-state index is 6.76. The van der Waals surface area contributed by atoms with Crippen molar-refractivity contribution in [2.75, 3.05) is 4.90 Å². The molecule has 0 radical (unpaired) electrons. The molecule has 2 nitrogen and oxygen atoms in total. The second-order valence-corrected chi connectivity index (χ2v) is 15.0. The van der Waals surface area contributed by atoms with Crippen molar-refractivity contribution in [1.29, 1.82) is 0 Å². The second kappa shape index (κ2) is 14.9. The molecule has 0 N–H and O–H groups in total. The number of furan rings is 1. The largest absolute Gasteiger partial charge is 0.455 e. The van der Waals surface area contributed by atoms with Gasteiger partial charge in [-0.3, -0.25) is 0 Å². The van der Waals surface area contributed by atoms with E-state index in [-0.39, 0.29) is 12.1 Å². The summed E-state index contributed by atoms with van der Waals surface area (Å²) in [6.45, 7) is 0. The summed E-state index contributed by atoms with van der Waals surface area (Å²) in [5.41, 5.74) is 15.8. The molecule has 2 atom stereocenters. The van der Waals surface area contributed by atoms with Crippen LogP contribution >= 0.6 is 0 Å². The fraction of sp³-hybridized carbons (Fsp3) is 0.111. The van der Waals surface area contributed by atoms with Gasteiger partial charge >= 0.3 is 0 Å². The molecule has 6 aromatic carbocycles. The molecule has 3 aliphatic carbocycles. The monoisotopic (exact) mass is 721 g/mol. The lowest BCUT2D eigenvalue weighted by Gasteiger charge is -2.39. The van der Waals surface area contributed by atoms with Gasteiger partial charge in [-0.1, -0.05) is 188 Å². The van der Waals surface area contributed by atoms with Crippen LogP contribution in [0.4, 0.5) is 5.69 Å². The molecule has 56 heavy (non-hydrogen) atoms. The molecule has 0 aliphatic heterocycles. The van der Waals surface area contributed by atoms with E-state index >= 15 is 0 Å². The molecule has 0 fully saturated rings. The number of hydrogen-bond acceptors (Lipinski definition) is 2. The minimum Gasteiger partial charge on any atom is -0.455 e. The van der Waals surface area contributed by atoms with Crippen molar-refractivity contribution in [2.24, 2.45) is 0 Å². The normalized spacial score (nSPS) is 17.5. The number of benzene rings is 6. The second-order valence-electron chi connectivity index (χ2n) is 15.0. The number of fused-ring (bicyclic) bond motifs is 3. The first-order valence-electron chi connectivity index (χ1n) is 19.9. The van der Waals surface area contributed by atoms with E-state index in [2.05, 4.69) is 205 Å². The highest BCUT2D eigenvalue weighted by Gasteiger charge is 2.27. The predicted octanol–water partition coefficient (Wildman–Crippen LogP) is 13.8. The van der Waals surface area contributed by atoms with Crippen molar-refractivity contribution >= 4 is 33.4 Å². The fourth-order valence-electron chi connectivity index (χ4n) is 8.80. The van der Waals surface area contributed by atoms with Gasteiger partial charge in [-0.15, -0.1) is 0 Å². The Hall–Kier alpha value is -6.64. The quantitative estimate of drug-likeness (QED) is 0.155. The molecule has 0 saturated heterocycles. The molecule has 0 bridgehead atoms. The molecule has 1 heterocycles. The number of allylic oxidation sites excluding steroid dienone is 5. The molecule has 2 unspecified atom stereocenters. The topological polar surface area (TPSA) is 16.4 Å². The van der Waals surface area contributed by atoms with Crippen LogP contribution in [0, 0.1) is 0 Å². The number of rotatable bonds is 8. The Bertz CT molecular complexity index is 2580. The Labute approximate surface area is 329 Å². The first-order valence-corrected chi connectivity index (χ1v) is 19.9. The van der Waals surface area contributed by atoms with Crippen LogP contribution in [0.15, 0.2) is 205 Å². The highest BCUT2D eigenvalue weighted by molar-refractivity contribution is 5.99. The lowest BCUT2D eigenvalue weighted by molar-refractivity contribution is 0.592. The molecule has 0 saturated carbocycles. The SMILES string of the molecule is C1=CC(N(c2ccc(-c3ccc(-c4cccc5c6c(oc45)C(c4ccccc4)=CCC6)cc3)cc2)C2C=CC(c3ccccc3)=CC2)CC=C1c1ccccc1. The first kappa shape index (κ1) is 33.9. The summed E-state index contributed by atoms with van der Waals surface area (Å²) in [5.74, 6) is 1.02. The maximum Gasteiger partial charge on any atom is 0.142 e.